The van der Waals surface area contributed by atoms with Gasteiger partial charge in [-0.25, -0.2) is 24.9 Å². The summed E-state index contributed by atoms with van der Waals surface area (Å²) in [7, 11) is 0. The summed E-state index contributed by atoms with van der Waals surface area (Å²) in [4.78, 5) is 101. The van der Waals surface area contributed by atoms with Crippen molar-refractivity contribution < 1.29 is 37.6 Å². The Balaban J connectivity index is 1.40. The monoisotopic (exact) mass is 815 g/mol. The highest BCUT2D eigenvalue weighted by Gasteiger charge is 2.29. The Morgan fingerprint density at radius 2 is 1.51 bits per heavy atom. The number of hydrogen-bond donors (Lipinski definition) is 6. The second kappa shape index (κ2) is 16.2. The molecule has 5 aromatic rings. The third kappa shape index (κ3) is 8.63. The zero-order valence-electron chi connectivity index (χ0n) is 31.4. The highest BCUT2D eigenvalue weighted by molar-refractivity contribution is 7.13. The topological polar surface area (TPSA) is 279 Å². The number of oxazole rings is 2. The van der Waals surface area contributed by atoms with Crippen LogP contribution in [0.5, 0.6) is 0 Å². The van der Waals surface area contributed by atoms with Crippen LogP contribution in [0, 0.1) is 19.8 Å². The van der Waals surface area contributed by atoms with Crippen LogP contribution in [-0.2, 0) is 16.1 Å². The number of nitrogens with two attached hydrogens (primary N) is 1. The van der Waals surface area contributed by atoms with Gasteiger partial charge < -0.3 is 41.2 Å². The molecule has 21 heteroatoms. The van der Waals surface area contributed by atoms with Crippen LogP contribution in [0.25, 0.3) is 22.0 Å². The molecule has 3 atom stereocenters. The maximum Gasteiger partial charge on any atom is 0.274 e. The van der Waals surface area contributed by atoms with Crippen molar-refractivity contribution in [2.45, 2.75) is 66.2 Å². The van der Waals surface area contributed by atoms with E-state index < -0.39 is 53.6 Å². The van der Waals surface area contributed by atoms with Crippen LogP contribution in [-0.4, -0.2) is 66.4 Å². The molecule has 6 rings (SSSR count). The van der Waals surface area contributed by atoms with Crippen LogP contribution in [0.1, 0.15) is 110 Å². The maximum absolute atomic E-state index is 13.5. The largest absolute Gasteiger partial charge is 0.443 e. The summed E-state index contributed by atoms with van der Waals surface area (Å²) < 4.78 is 11.7. The molecule has 6 heterocycles. The van der Waals surface area contributed by atoms with Crippen LogP contribution in [0.3, 0.4) is 0 Å². The lowest BCUT2D eigenvalue weighted by Gasteiger charge is -2.20. The van der Waals surface area contributed by atoms with Gasteiger partial charge in [-0.1, -0.05) is 20.4 Å². The Hall–Kier alpha value is -6.61. The first-order chi connectivity index (χ1) is 27.0. The van der Waals surface area contributed by atoms with Crippen molar-refractivity contribution in [3.05, 3.63) is 86.3 Å². The van der Waals surface area contributed by atoms with Crippen LogP contribution >= 0.6 is 22.7 Å². The minimum absolute atomic E-state index is 0.00674. The molecule has 6 amide bonds. The lowest BCUT2D eigenvalue weighted by atomic mass is 10.0. The van der Waals surface area contributed by atoms with E-state index in [-0.39, 0.29) is 75.6 Å². The third-order valence-corrected chi connectivity index (χ3v) is 10.5. The summed E-state index contributed by atoms with van der Waals surface area (Å²) in [5.74, 6) is -3.68. The van der Waals surface area contributed by atoms with Gasteiger partial charge in [-0.15, -0.1) is 22.7 Å². The van der Waals surface area contributed by atoms with Gasteiger partial charge >= 0.3 is 0 Å². The van der Waals surface area contributed by atoms with E-state index in [4.69, 9.17) is 14.6 Å². The van der Waals surface area contributed by atoms with Crippen molar-refractivity contribution in [3.63, 3.8) is 0 Å². The fourth-order valence-corrected chi connectivity index (χ4v) is 7.17. The average Bonchev–Trinajstić information content (AvgIpc) is 3.98. The molecule has 0 fully saturated rings. The molecule has 0 saturated carbocycles. The number of aromatic nitrogens is 5. The van der Waals surface area contributed by atoms with Crippen molar-refractivity contribution in [1.29, 1.82) is 0 Å². The summed E-state index contributed by atoms with van der Waals surface area (Å²) >= 11 is 2.26. The smallest absolute Gasteiger partial charge is 0.274 e. The number of hydrogen-bond acceptors (Lipinski definition) is 15. The van der Waals surface area contributed by atoms with Gasteiger partial charge in [0.15, 0.2) is 5.69 Å². The zero-order chi connectivity index (χ0) is 41.3. The van der Waals surface area contributed by atoms with Crippen molar-refractivity contribution in [2.75, 3.05) is 0 Å². The van der Waals surface area contributed by atoms with Crippen molar-refractivity contribution in [3.8, 4) is 22.0 Å². The highest BCUT2D eigenvalue weighted by atomic mass is 32.1. The molecule has 0 saturated heterocycles. The van der Waals surface area contributed by atoms with Crippen molar-refractivity contribution in [1.82, 2.24) is 51.5 Å². The van der Waals surface area contributed by atoms with E-state index in [9.17, 15) is 28.8 Å². The van der Waals surface area contributed by atoms with E-state index in [1.165, 1.54) is 22.8 Å². The summed E-state index contributed by atoms with van der Waals surface area (Å²) in [5, 5.41) is 17.2. The van der Waals surface area contributed by atoms with Gasteiger partial charge in [0.1, 0.15) is 62.1 Å². The summed E-state index contributed by atoms with van der Waals surface area (Å²) in [6.45, 7) is 13.3. The first-order valence-corrected chi connectivity index (χ1v) is 19.1. The van der Waals surface area contributed by atoms with E-state index in [1.807, 2.05) is 0 Å². The molecule has 8 bridgehead atoms. The second-order valence-electron chi connectivity index (χ2n) is 13.3. The molecule has 0 unspecified atom stereocenters. The third-order valence-electron chi connectivity index (χ3n) is 8.59. The SMILES string of the molecule is C=C(NC(=O)c1ccc2c(n1)-c1nc(oc1C)[C@@H](C)NC(=O)c1csc(n1)[C@H](C)NC(=O)c1nc(oc1C)CNC(=O)[C@H](C(C)C)NC(=O)c1csc-2n1)C(N)=O. The molecular weight excluding hydrogens is 779 g/mol. The minimum atomic E-state index is -0.993. The lowest BCUT2D eigenvalue weighted by Crippen LogP contribution is -2.49. The molecule has 57 heavy (non-hydrogen) atoms. The van der Waals surface area contributed by atoms with Crippen LogP contribution < -0.4 is 32.3 Å². The molecule has 0 radical (unpaired) electrons. The predicted molar refractivity (Wildman–Crippen MR) is 204 cm³/mol. The number of thiazole rings is 2. The van der Waals surface area contributed by atoms with Gasteiger partial charge in [0, 0.05) is 16.3 Å². The number of fused-ring (bicyclic) bond motifs is 11. The Morgan fingerprint density at radius 3 is 2.23 bits per heavy atom. The van der Waals surface area contributed by atoms with E-state index in [0.717, 1.165) is 11.3 Å². The van der Waals surface area contributed by atoms with Gasteiger partial charge in [-0.3, -0.25) is 28.8 Å². The number of aryl methyl sites for hydroxylation is 2. The first kappa shape index (κ1) is 40.1. The Kier molecular flexibility index (Phi) is 11.4. The molecule has 5 aromatic heterocycles. The van der Waals surface area contributed by atoms with E-state index in [1.54, 1.807) is 53.0 Å². The van der Waals surface area contributed by atoms with Gasteiger partial charge in [-0.2, -0.15) is 0 Å². The minimum Gasteiger partial charge on any atom is -0.443 e. The maximum atomic E-state index is 13.5. The zero-order valence-corrected chi connectivity index (χ0v) is 33.1. The molecule has 0 aliphatic carbocycles. The van der Waals surface area contributed by atoms with Crippen molar-refractivity contribution in [2.24, 2.45) is 11.7 Å². The van der Waals surface area contributed by atoms with Crippen molar-refractivity contribution >= 4 is 58.1 Å². The number of pyridine rings is 1. The summed E-state index contributed by atoms with van der Waals surface area (Å²) in [5.41, 5.74) is 5.54. The highest BCUT2D eigenvalue weighted by Crippen LogP contribution is 2.35. The van der Waals surface area contributed by atoms with E-state index in [0.29, 0.717) is 15.6 Å². The van der Waals surface area contributed by atoms with Crippen LogP contribution in [0.15, 0.2) is 44.0 Å². The first-order valence-electron chi connectivity index (χ1n) is 17.4. The Morgan fingerprint density at radius 1 is 0.842 bits per heavy atom. The molecule has 1 aliphatic rings. The number of nitrogens with one attached hydrogen (secondary N) is 5. The standard InChI is InChI=1S/C36H37N11O8S2/c1-13(2)24-32(52)38-10-23-45-26(18(7)54-23)33(53)41-16(5)35-43-21(11-56-35)30(50)40-15(4)34-47-25(17(6)55-34)27-19(36-44-22(12-57-36)31(51)46-24)8-9-20(42-27)29(49)39-14(3)28(37)48/h8-9,11-13,15-16,24H,3,10H2,1-2,4-7H3,(H2,37,48)(H,38,52)(H,39,49)(H,40,50)(H,41,53)(H,46,51)/t15-,16+,24+/m1/s1. The number of nitrogens with zero attached hydrogens (tertiary/aromatic N) is 5. The summed E-state index contributed by atoms with van der Waals surface area (Å²) in [6.07, 6.45) is 0. The van der Waals surface area contributed by atoms with Gasteiger partial charge in [0.2, 0.25) is 17.7 Å². The summed E-state index contributed by atoms with van der Waals surface area (Å²) in [6, 6.07) is 0.529. The second-order valence-corrected chi connectivity index (χ2v) is 15.0. The number of carbonyl (C=O) groups excluding carboxylic acids is 6. The molecule has 0 spiro atoms. The molecular formula is C36H37N11O8S2. The Labute approximate surface area is 332 Å². The normalized spacial score (nSPS) is 17.8. The quantitative estimate of drug-likeness (QED) is 0.143. The van der Waals surface area contributed by atoms with Gasteiger partial charge in [0.25, 0.3) is 29.5 Å². The van der Waals surface area contributed by atoms with Crippen LogP contribution in [0.2, 0.25) is 0 Å². The molecule has 1 aliphatic heterocycles. The van der Waals surface area contributed by atoms with Gasteiger partial charge in [0.05, 0.1) is 18.3 Å². The number of carbonyl (C=O) groups is 6. The number of amides is 6. The molecule has 0 aromatic carbocycles. The van der Waals surface area contributed by atoms with E-state index in [2.05, 4.69) is 58.1 Å². The average molecular weight is 816 g/mol. The number of rotatable bonds is 4. The fraction of sp³-hybridized carbons (Fsp3) is 0.306. The lowest BCUT2D eigenvalue weighted by molar-refractivity contribution is -0.124. The van der Waals surface area contributed by atoms with Gasteiger partial charge in [-0.05, 0) is 45.7 Å². The Bertz CT molecular complexity index is 2450. The molecule has 7 N–H and O–H groups in total. The molecule has 296 valence electrons. The van der Waals surface area contributed by atoms with Crippen LogP contribution in [0.4, 0.5) is 0 Å². The fourth-order valence-electron chi connectivity index (χ4n) is 5.54. The predicted octanol–water partition coefficient (Wildman–Crippen LogP) is 3.02. The van der Waals surface area contributed by atoms with E-state index >= 15 is 0 Å². The molecule has 19 nitrogen and oxygen atoms in total. The number of primary amides is 1.